The van der Waals surface area contributed by atoms with Crippen LogP contribution in [0.25, 0.3) is 0 Å². The molecule has 0 aromatic carbocycles. The second-order valence-electron chi connectivity index (χ2n) is 4.69. The van der Waals surface area contributed by atoms with Gasteiger partial charge in [0.2, 0.25) is 5.82 Å². The molecule has 4 atom stereocenters. The van der Waals surface area contributed by atoms with Crippen LogP contribution >= 0.6 is 7.82 Å². The lowest BCUT2D eigenvalue weighted by atomic mass is 10.1. The van der Waals surface area contributed by atoms with Crippen LogP contribution in [0.5, 0.6) is 0 Å². The quantitative estimate of drug-likeness (QED) is 0.376. The van der Waals surface area contributed by atoms with Crippen molar-refractivity contribution >= 4 is 7.82 Å². The Labute approximate surface area is 127 Å². The van der Waals surface area contributed by atoms with E-state index < -0.39 is 49.4 Å². The second kappa shape index (κ2) is 6.37. The van der Waals surface area contributed by atoms with Crippen molar-refractivity contribution in [3.63, 3.8) is 0 Å². The summed E-state index contributed by atoms with van der Waals surface area (Å²) in [7, 11) is -4.94. The van der Waals surface area contributed by atoms with Crippen molar-refractivity contribution in [1.82, 2.24) is 9.55 Å². The molecule has 2 rings (SSSR count). The molecule has 2 heterocycles. The maximum atomic E-state index is 13.3. The molecule has 126 valence electrons. The molecule has 1 aliphatic heterocycles. The molecule has 12 heteroatoms. The van der Waals surface area contributed by atoms with Crippen molar-refractivity contribution in [2.24, 2.45) is 0 Å². The van der Waals surface area contributed by atoms with Crippen molar-refractivity contribution in [3.8, 4) is 12.3 Å². The third-order valence-electron chi connectivity index (χ3n) is 3.08. The first-order valence-electron chi connectivity index (χ1n) is 6.17. The molecule has 1 aromatic rings. The van der Waals surface area contributed by atoms with Crippen molar-refractivity contribution in [2.45, 2.75) is 31.0 Å². The number of halogens is 1. The number of aromatic nitrogens is 2. The van der Waals surface area contributed by atoms with Crippen molar-refractivity contribution < 1.29 is 33.1 Å². The van der Waals surface area contributed by atoms with Crippen LogP contribution in [0.3, 0.4) is 0 Å². The molecular weight excluding hydrogens is 338 g/mol. The van der Waals surface area contributed by atoms with E-state index in [2.05, 4.69) is 4.52 Å². The van der Waals surface area contributed by atoms with Gasteiger partial charge in [-0.25, -0.2) is 9.36 Å². The summed E-state index contributed by atoms with van der Waals surface area (Å²) >= 11 is 0. The van der Waals surface area contributed by atoms with E-state index in [1.165, 1.54) is 0 Å². The molecular formula is C11H12FN2O8P. The number of phosphoric acid groups is 1. The van der Waals surface area contributed by atoms with Gasteiger partial charge in [-0.2, -0.15) is 4.39 Å². The number of hydrogen-bond acceptors (Lipinski definition) is 6. The Kier molecular flexibility index (Phi) is 4.86. The molecule has 1 aromatic heterocycles. The topological polar surface area (TPSA) is 151 Å². The molecule has 0 aliphatic carbocycles. The highest BCUT2D eigenvalue weighted by Gasteiger charge is 2.42. The van der Waals surface area contributed by atoms with Gasteiger partial charge in [-0.05, 0) is 0 Å². The maximum absolute atomic E-state index is 13.3. The highest BCUT2D eigenvalue weighted by molar-refractivity contribution is 7.46. The zero-order valence-electron chi connectivity index (χ0n) is 11.3. The van der Waals surface area contributed by atoms with E-state index in [4.69, 9.17) is 20.9 Å². The molecule has 23 heavy (non-hydrogen) atoms. The van der Waals surface area contributed by atoms with Gasteiger partial charge in [0, 0.05) is 6.42 Å². The standard InChI is InChI=1S/C11H12FN2O8P/c1-2-7(22-23(18,19)20)9-6(15)3-8(21-9)14-4-5(12)10(16)13-11(14)17/h1,4,6-9,15H,3H2,(H,13,16,17)(H2,18,19,20)/t6-,7?,8+,9-/m0/s1. The lowest BCUT2D eigenvalue weighted by molar-refractivity contribution is -0.0641. The summed E-state index contributed by atoms with van der Waals surface area (Å²) in [5, 5.41) is 9.90. The fourth-order valence-corrected chi connectivity index (χ4v) is 2.61. The summed E-state index contributed by atoms with van der Waals surface area (Å²) in [5.74, 6) is 0.675. The van der Waals surface area contributed by atoms with E-state index in [1.807, 2.05) is 5.92 Å². The van der Waals surface area contributed by atoms with Crippen molar-refractivity contribution in [3.05, 3.63) is 32.9 Å². The minimum Gasteiger partial charge on any atom is -0.390 e. The van der Waals surface area contributed by atoms with Gasteiger partial charge < -0.3 is 19.6 Å². The molecule has 1 unspecified atom stereocenters. The largest absolute Gasteiger partial charge is 0.470 e. The zero-order valence-corrected chi connectivity index (χ0v) is 12.2. The number of hydrogen-bond donors (Lipinski definition) is 4. The number of terminal acetylenes is 1. The van der Waals surface area contributed by atoms with E-state index in [0.717, 1.165) is 0 Å². The number of phosphoric ester groups is 1. The monoisotopic (exact) mass is 350 g/mol. The van der Waals surface area contributed by atoms with Crippen LogP contribution in [0.4, 0.5) is 4.39 Å². The van der Waals surface area contributed by atoms with Crippen LogP contribution < -0.4 is 11.2 Å². The molecule has 1 aliphatic rings. The van der Waals surface area contributed by atoms with E-state index in [-0.39, 0.29) is 6.42 Å². The van der Waals surface area contributed by atoms with E-state index in [1.54, 1.807) is 4.98 Å². The number of nitrogens with one attached hydrogen (secondary N) is 1. The van der Waals surface area contributed by atoms with Gasteiger partial charge in [-0.1, -0.05) is 5.92 Å². The average Bonchev–Trinajstić information content (AvgIpc) is 2.81. The zero-order chi connectivity index (χ0) is 17.4. The van der Waals surface area contributed by atoms with Crippen molar-refractivity contribution in [2.75, 3.05) is 0 Å². The molecule has 1 fully saturated rings. The van der Waals surface area contributed by atoms with Crippen LogP contribution in [0.2, 0.25) is 0 Å². The van der Waals surface area contributed by atoms with Gasteiger partial charge in [0.15, 0.2) is 6.10 Å². The first-order valence-corrected chi connectivity index (χ1v) is 7.70. The van der Waals surface area contributed by atoms with Crippen LogP contribution in [-0.2, 0) is 13.8 Å². The normalized spacial score (nSPS) is 26.0. The maximum Gasteiger partial charge on any atom is 0.470 e. The van der Waals surface area contributed by atoms with Gasteiger partial charge in [0.25, 0.3) is 5.56 Å². The van der Waals surface area contributed by atoms with Gasteiger partial charge >= 0.3 is 13.5 Å². The van der Waals surface area contributed by atoms with Crippen LogP contribution in [-0.4, -0.2) is 42.8 Å². The predicted octanol–water partition coefficient (Wildman–Crippen LogP) is -1.56. The minimum absolute atomic E-state index is 0.237. The van der Waals surface area contributed by atoms with E-state index in [9.17, 15) is 23.7 Å². The van der Waals surface area contributed by atoms with Crippen molar-refractivity contribution in [1.29, 1.82) is 0 Å². The smallest absolute Gasteiger partial charge is 0.390 e. The third kappa shape index (κ3) is 3.94. The average molecular weight is 350 g/mol. The lowest BCUT2D eigenvalue weighted by Gasteiger charge is -2.22. The summed E-state index contributed by atoms with van der Waals surface area (Å²) in [6.45, 7) is 0. The van der Waals surface area contributed by atoms with Gasteiger partial charge in [0.1, 0.15) is 12.3 Å². The number of rotatable bonds is 4. The van der Waals surface area contributed by atoms with Gasteiger partial charge in [0.05, 0.1) is 12.3 Å². The molecule has 0 bridgehead atoms. The number of aliphatic hydroxyl groups is 1. The van der Waals surface area contributed by atoms with Gasteiger partial charge in [-0.15, -0.1) is 6.42 Å². The summed E-state index contributed by atoms with van der Waals surface area (Å²) in [5.41, 5.74) is -2.20. The second-order valence-corrected chi connectivity index (χ2v) is 5.88. The third-order valence-corrected chi connectivity index (χ3v) is 3.59. The Balaban J connectivity index is 2.26. The molecule has 4 N–H and O–H groups in total. The highest BCUT2D eigenvalue weighted by Crippen LogP contribution is 2.41. The van der Waals surface area contributed by atoms with Crippen LogP contribution in [0.15, 0.2) is 15.8 Å². The minimum atomic E-state index is -4.94. The molecule has 10 nitrogen and oxygen atoms in total. The predicted molar refractivity (Wildman–Crippen MR) is 71.6 cm³/mol. The number of nitrogens with zero attached hydrogens (tertiary/aromatic N) is 1. The van der Waals surface area contributed by atoms with E-state index >= 15 is 0 Å². The van der Waals surface area contributed by atoms with Gasteiger partial charge in [-0.3, -0.25) is 18.9 Å². The Hall–Kier alpha value is -1.80. The summed E-state index contributed by atoms with van der Waals surface area (Å²) < 4.78 is 34.4. The Bertz CT molecular complexity index is 792. The Morgan fingerprint density at radius 3 is 2.78 bits per heavy atom. The Morgan fingerprint density at radius 1 is 1.57 bits per heavy atom. The van der Waals surface area contributed by atoms with Crippen LogP contribution in [0, 0.1) is 18.2 Å². The number of ether oxygens (including phenoxy) is 1. The first kappa shape index (κ1) is 17.6. The number of aliphatic hydroxyl groups excluding tert-OH is 1. The summed E-state index contributed by atoms with van der Waals surface area (Å²) in [6, 6.07) is 0. The first-order chi connectivity index (χ1) is 10.6. The van der Waals surface area contributed by atoms with Crippen LogP contribution in [0.1, 0.15) is 12.6 Å². The number of aromatic amines is 1. The molecule has 0 amide bonds. The lowest BCUT2D eigenvalue weighted by Crippen LogP contribution is -2.36. The fourth-order valence-electron chi connectivity index (χ4n) is 2.13. The SMILES string of the molecule is C#CC(OP(=O)(O)O)[C@H]1O[C@@H](n2cc(F)c(=O)[nH]c2=O)C[C@@H]1O. The fraction of sp³-hybridized carbons (Fsp3) is 0.455. The summed E-state index contributed by atoms with van der Waals surface area (Å²) in [4.78, 5) is 41.9. The highest BCUT2D eigenvalue weighted by atomic mass is 31.2. The summed E-state index contributed by atoms with van der Waals surface area (Å²) in [6.07, 6.45) is -0.0516. The number of H-pyrrole nitrogens is 1. The molecule has 0 spiro atoms. The van der Waals surface area contributed by atoms with E-state index in [0.29, 0.717) is 10.8 Å². The molecule has 1 saturated heterocycles. The molecule has 0 saturated carbocycles. The Morgan fingerprint density at radius 2 is 2.22 bits per heavy atom. The molecule has 0 radical (unpaired) electrons.